The smallest absolute Gasteiger partial charge is 0.269 e. The van der Waals surface area contributed by atoms with Crippen molar-refractivity contribution in [3.8, 4) is 17.1 Å². The van der Waals surface area contributed by atoms with Gasteiger partial charge in [-0.25, -0.2) is 4.98 Å². The first kappa shape index (κ1) is 20.7. The van der Waals surface area contributed by atoms with Crippen molar-refractivity contribution in [2.75, 3.05) is 17.8 Å². The zero-order valence-electron chi connectivity index (χ0n) is 17.4. The quantitative estimate of drug-likeness (QED) is 0.581. The van der Waals surface area contributed by atoms with Gasteiger partial charge in [0.1, 0.15) is 17.5 Å². The van der Waals surface area contributed by atoms with Gasteiger partial charge in [-0.2, -0.15) is 9.71 Å². The highest BCUT2D eigenvalue weighted by Crippen LogP contribution is 2.29. The maximum absolute atomic E-state index is 13.0. The van der Waals surface area contributed by atoms with Crippen LogP contribution in [-0.2, 0) is 17.8 Å². The number of aryl methyl sites for hydroxylation is 2. The summed E-state index contributed by atoms with van der Waals surface area (Å²) in [6.45, 7) is 7.64. The number of hydrogen-bond acceptors (Lipinski definition) is 6. The number of fused-ring (bicyclic) bond motifs is 4. The van der Waals surface area contributed by atoms with E-state index in [0.29, 0.717) is 17.3 Å². The average molecular weight is 423 g/mol. The second-order valence-electron chi connectivity index (χ2n) is 7.58. The van der Waals surface area contributed by atoms with Gasteiger partial charge in [-0.3, -0.25) is 0 Å². The first-order valence-electron chi connectivity index (χ1n) is 10.1. The van der Waals surface area contributed by atoms with Crippen LogP contribution in [0.1, 0.15) is 23.6 Å². The molecule has 156 valence electrons. The summed E-state index contributed by atoms with van der Waals surface area (Å²) in [5, 5.41) is 3.42. The zero-order valence-corrected chi connectivity index (χ0v) is 18.3. The Morgan fingerprint density at radius 1 is 1.07 bits per heavy atom. The number of anilines is 1. The van der Waals surface area contributed by atoms with Crippen molar-refractivity contribution in [3.63, 3.8) is 0 Å². The van der Waals surface area contributed by atoms with Crippen molar-refractivity contribution in [2.45, 2.75) is 38.2 Å². The summed E-state index contributed by atoms with van der Waals surface area (Å²) in [7, 11) is 0. The fraction of sp³-hybridized carbons (Fsp3) is 0.304. The molecule has 0 amide bonds. The highest BCUT2D eigenvalue weighted by molar-refractivity contribution is 7.92. The lowest BCUT2D eigenvalue weighted by molar-refractivity contribution is 0.209. The van der Waals surface area contributed by atoms with Crippen LogP contribution in [0, 0.1) is 13.8 Å². The van der Waals surface area contributed by atoms with E-state index < -0.39 is 11.4 Å². The van der Waals surface area contributed by atoms with Gasteiger partial charge in [0.05, 0.1) is 5.69 Å². The van der Waals surface area contributed by atoms with Crippen LogP contribution in [0.25, 0.3) is 11.3 Å². The maximum atomic E-state index is 13.0. The summed E-state index contributed by atoms with van der Waals surface area (Å²) in [5.41, 5.74) is 5.14. The molecule has 0 spiro atoms. The molecule has 3 aromatic rings. The Hall–Kier alpha value is -2.61. The van der Waals surface area contributed by atoms with Gasteiger partial charge in [0.25, 0.3) is 5.95 Å². The fourth-order valence-electron chi connectivity index (χ4n) is 3.62. The van der Waals surface area contributed by atoms with E-state index in [2.05, 4.69) is 46.0 Å². The lowest BCUT2D eigenvalue weighted by atomic mass is 10.00. The first-order valence-corrected chi connectivity index (χ1v) is 11.2. The van der Waals surface area contributed by atoms with Crippen LogP contribution >= 0.6 is 0 Å². The number of nitrogens with one attached hydrogen (secondary N) is 2. The number of aromatic nitrogens is 2. The molecule has 4 rings (SSSR count). The second kappa shape index (κ2) is 9.04. The predicted octanol–water partition coefficient (Wildman–Crippen LogP) is 3.81. The summed E-state index contributed by atoms with van der Waals surface area (Å²) >= 11 is -1.48. The Morgan fingerprint density at radius 2 is 1.83 bits per heavy atom. The van der Waals surface area contributed by atoms with Crippen LogP contribution in [0.15, 0.2) is 53.4 Å². The van der Waals surface area contributed by atoms with E-state index in [1.165, 1.54) is 0 Å². The molecule has 7 heteroatoms. The van der Waals surface area contributed by atoms with Gasteiger partial charge in [-0.1, -0.05) is 30.3 Å². The Morgan fingerprint density at radius 3 is 2.63 bits per heavy atom. The molecule has 0 aliphatic carbocycles. The summed E-state index contributed by atoms with van der Waals surface area (Å²) in [5.74, 6) is 0.744. The largest absolute Gasteiger partial charge is 0.588 e. The molecule has 2 N–H and O–H groups in total. The van der Waals surface area contributed by atoms with E-state index >= 15 is 0 Å². The lowest BCUT2D eigenvalue weighted by Crippen LogP contribution is -2.31. The zero-order chi connectivity index (χ0) is 21.1. The van der Waals surface area contributed by atoms with E-state index in [-0.39, 0.29) is 12.1 Å². The van der Waals surface area contributed by atoms with Crippen LogP contribution in [0.3, 0.4) is 0 Å². The molecule has 0 saturated heterocycles. The maximum Gasteiger partial charge on any atom is 0.269 e. The molecule has 0 radical (unpaired) electrons. The van der Waals surface area contributed by atoms with E-state index in [0.717, 1.165) is 40.9 Å². The average Bonchev–Trinajstić information content (AvgIpc) is 2.70. The van der Waals surface area contributed by atoms with E-state index in [9.17, 15) is 4.55 Å². The van der Waals surface area contributed by atoms with Crippen molar-refractivity contribution in [1.29, 1.82) is 0 Å². The van der Waals surface area contributed by atoms with Crippen molar-refractivity contribution in [2.24, 2.45) is 0 Å². The molecular weight excluding hydrogens is 396 g/mol. The van der Waals surface area contributed by atoms with Crippen molar-refractivity contribution in [1.82, 2.24) is 15.3 Å². The monoisotopic (exact) mass is 422 g/mol. The first-order chi connectivity index (χ1) is 14.5. The molecule has 0 fully saturated rings. The number of ether oxygens (including phenoxy) is 1. The molecule has 6 nitrogen and oxygen atoms in total. The summed E-state index contributed by atoms with van der Waals surface area (Å²) in [6, 6.07) is 15.8. The number of rotatable bonds is 1. The van der Waals surface area contributed by atoms with Crippen LogP contribution in [-0.4, -0.2) is 33.7 Å². The highest BCUT2D eigenvalue weighted by Gasteiger charge is 2.19. The van der Waals surface area contributed by atoms with Crippen LogP contribution in [0.2, 0.25) is 0 Å². The van der Waals surface area contributed by atoms with Gasteiger partial charge >= 0.3 is 0 Å². The summed E-state index contributed by atoms with van der Waals surface area (Å²) in [6.07, 6.45) is 0.786. The molecule has 2 aromatic carbocycles. The molecule has 2 heterocycles. The minimum atomic E-state index is -1.48. The van der Waals surface area contributed by atoms with Gasteiger partial charge in [-0.05, 0) is 62.6 Å². The van der Waals surface area contributed by atoms with Crippen molar-refractivity contribution < 1.29 is 9.29 Å². The molecule has 30 heavy (non-hydrogen) atoms. The Kier molecular flexibility index (Phi) is 6.22. The van der Waals surface area contributed by atoms with Crippen LogP contribution in [0.5, 0.6) is 5.88 Å². The minimum Gasteiger partial charge on any atom is -0.588 e. The molecule has 1 aliphatic rings. The molecule has 1 unspecified atom stereocenters. The Bertz CT molecular complexity index is 1020. The van der Waals surface area contributed by atoms with Gasteiger partial charge < -0.3 is 14.6 Å². The molecular formula is C23H26N4O2S. The number of benzene rings is 2. The third kappa shape index (κ3) is 4.75. The number of nitrogens with zero attached hydrogens (tertiary/aromatic N) is 2. The van der Waals surface area contributed by atoms with Gasteiger partial charge in [0.2, 0.25) is 5.88 Å². The highest BCUT2D eigenvalue weighted by atomic mass is 32.2. The fourth-order valence-corrected chi connectivity index (χ4v) is 4.46. The normalized spacial score (nSPS) is 19.3. The van der Waals surface area contributed by atoms with Gasteiger partial charge in [-0.15, -0.1) is 0 Å². The third-order valence-corrected chi connectivity index (χ3v) is 6.13. The van der Waals surface area contributed by atoms with Gasteiger partial charge in [0, 0.05) is 18.2 Å². The predicted molar refractivity (Wildman–Crippen MR) is 120 cm³/mol. The van der Waals surface area contributed by atoms with E-state index in [1.807, 2.05) is 43.3 Å². The molecule has 4 bridgehead atoms. The molecule has 0 saturated carbocycles. The molecule has 2 atom stereocenters. The van der Waals surface area contributed by atoms with Crippen LogP contribution < -0.4 is 14.8 Å². The van der Waals surface area contributed by atoms with Crippen LogP contribution in [0.4, 0.5) is 5.95 Å². The lowest BCUT2D eigenvalue weighted by Gasteiger charge is -2.18. The minimum absolute atomic E-state index is 0.0710. The van der Waals surface area contributed by atoms with E-state index in [1.54, 1.807) is 0 Å². The standard InChI is InChI=1S/C23H26N4O2S/c1-15-6-4-7-16(2)22(15)20-13-21-26-23(25-20)27-30(28)19-9-5-8-18(12-19)10-11-24-14-17(3)29-21/h4-9,12-13,17,24H,10-11,14H2,1-3H3,(H,25,26,27)/t17-,30?/m1/s1. The SMILES string of the molecule is Cc1cccc(C)c1-c1cc2nc(n1)N[S+]([O-])c1cccc(c1)CCNC[C@@H](C)O2. The Labute approximate surface area is 180 Å². The molecule has 1 aromatic heterocycles. The summed E-state index contributed by atoms with van der Waals surface area (Å²) in [4.78, 5) is 9.85. The summed E-state index contributed by atoms with van der Waals surface area (Å²) < 4.78 is 22.0. The van der Waals surface area contributed by atoms with E-state index in [4.69, 9.17) is 4.74 Å². The van der Waals surface area contributed by atoms with Gasteiger partial charge in [0.15, 0.2) is 4.90 Å². The Balaban J connectivity index is 1.77. The number of hydrogen-bond donors (Lipinski definition) is 2. The van der Waals surface area contributed by atoms with Crippen molar-refractivity contribution in [3.05, 3.63) is 65.2 Å². The third-order valence-electron chi connectivity index (χ3n) is 5.08. The molecule has 1 aliphatic heterocycles. The second-order valence-corrected chi connectivity index (χ2v) is 8.80. The topological polar surface area (TPSA) is 82.1 Å². The van der Waals surface area contributed by atoms with Crippen molar-refractivity contribution >= 4 is 17.3 Å².